The van der Waals surface area contributed by atoms with Gasteiger partial charge in [-0.05, 0) is 38.1 Å². The maximum absolute atomic E-state index is 13.0. The van der Waals surface area contributed by atoms with Gasteiger partial charge in [0.25, 0.3) is 0 Å². The van der Waals surface area contributed by atoms with Gasteiger partial charge in [0.1, 0.15) is 0 Å². The van der Waals surface area contributed by atoms with Crippen molar-refractivity contribution >= 4 is 5.91 Å². The monoisotopic (exact) mass is 473 g/mol. The van der Waals surface area contributed by atoms with E-state index in [2.05, 4.69) is 29.2 Å². The lowest BCUT2D eigenvalue weighted by molar-refractivity contribution is -0.136. The first-order valence-electron chi connectivity index (χ1n) is 11.9. The van der Waals surface area contributed by atoms with Crippen molar-refractivity contribution < 1.29 is 24.1 Å². The lowest BCUT2D eigenvalue weighted by Gasteiger charge is -2.35. The van der Waals surface area contributed by atoms with Crippen LogP contribution in [0.4, 0.5) is 0 Å². The predicted molar refractivity (Wildman–Crippen MR) is 124 cm³/mol. The summed E-state index contributed by atoms with van der Waals surface area (Å²) in [5.41, 5.74) is 2.03. The Labute approximate surface area is 200 Å². The van der Waals surface area contributed by atoms with Crippen molar-refractivity contribution in [2.45, 2.75) is 58.5 Å². The second-order valence-corrected chi connectivity index (χ2v) is 9.34. The number of amides is 1. The molecule has 0 fully saturated rings. The van der Waals surface area contributed by atoms with Crippen LogP contribution in [0, 0.1) is 5.92 Å². The highest BCUT2D eigenvalue weighted by Gasteiger charge is 2.28. The summed E-state index contributed by atoms with van der Waals surface area (Å²) in [6.07, 6.45) is 2.67. The maximum Gasteiger partial charge on any atom is 0.231 e. The third-order valence-electron chi connectivity index (χ3n) is 6.52. The molecular formula is C24H35N5O5. The molecule has 1 aromatic carbocycles. The van der Waals surface area contributed by atoms with Crippen LogP contribution < -0.4 is 9.47 Å². The third-order valence-corrected chi connectivity index (χ3v) is 6.52. The Balaban J connectivity index is 1.49. The first-order valence-corrected chi connectivity index (χ1v) is 11.9. The zero-order valence-electron chi connectivity index (χ0n) is 20.2. The van der Waals surface area contributed by atoms with E-state index in [0.29, 0.717) is 39.1 Å². The fraction of sp³-hybridized carbons (Fsp3) is 0.625. The Kier molecular flexibility index (Phi) is 8.02. The number of carbonyl (C=O) groups is 1. The van der Waals surface area contributed by atoms with Crippen LogP contribution in [0.3, 0.4) is 0 Å². The summed E-state index contributed by atoms with van der Waals surface area (Å²) < 4.78 is 19.1. The maximum atomic E-state index is 13.0. The topological polar surface area (TPSA) is 102 Å². The molecule has 10 nitrogen and oxygen atoms in total. The van der Waals surface area contributed by atoms with Crippen LogP contribution in [0.5, 0.6) is 11.5 Å². The number of hydrogen-bond acceptors (Lipinski definition) is 8. The average Bonchev–Trinajstić information content (AvgIpc) is 3.47. The number of aliphatic hydroxyl groups is 1. The molecule has 3 atom stereocenters. The molecule has 186 valence electrons. The van der Waals surface area contributed by atoms with Gasteiger partial charge in [-0.2, -0.15) is 0 Å². The average molecular weight is 474 g/mol. The highest BCUT2D eigenvalue weighted by atomic mass is 16.7. The van der Waals surface area contributed by atoms with Crippen molar-refractivity contribution in [2.75, 3.05) is 33.5 Å². The quantitative estimate of drug-likeness (QED) is 0.676. The number of benzene rings is 1. The molecule has 2 aliphatic rings. The summed E-state index contributed by atoms with van der Waals surface area (Å²) in [7, 11) is 2.06. The summed E-state index contributed by atoms with van der Waals surface area (Å²) in [6, 6.07) is 5.75. The van der Waals surface area contributed by atoms with Crippen LogP contribution >= 0.6 is 0 Å². The SMILES string of the molecule is C[C@@H]1CN([C@H](C)CO)C(=O)CCCn2nncc2CO[C@@H]1CN(C)Cc1ccc2c(c1)OCO2. The number of fused-ring (bicyclic) bond motifs is 2. The lowest BCUT2D eigenvalue weighted by Crippen LogP contribution is -2.47. The van der Waals surface area contributed by atoms with Crippen molar-refractivity contribution in [3.63, 3.8) is 0 Å². The normalized spacial score (nSPS) is 22.3. The molecule has 1 aromatic heterocycles. The first kappa shape index (κ1) is 24.4. The number of rotatable bonds is 6. The van der Waals surface area contributed by atoms with Crippen LogP contribution in [0.25, 0.3) is 0 Å². The van der Waals surface area contributed by atoms with Gasteiger partial charge in [-0.15, -0.1) is 5.10 Å². The molecule has 0 spiro atoms. The molecule has 0 unspecified atom stereocenters. The van der Waals surface area contributed by atoms with Crippen LogP contribution in [0.15, 0.2) is 24.4 Å². The molecule has 1 amide bonds. The largest absolute Gasteiger partial charge is 0.454 e. The van der Waals surface area contributed by atoms with E-state index in [1.807, 2.05) is 29.8 Å². The van der Waals surface area contributed by atoms with Gasteiger partial charge in [0.2, 0.25) is 12.7 Å². The van der Waals surface area contributed by atoms with Crippen molar-refractivity contribution in [3.05, 3.63) is 35.7 Å². The zero-order chi connectivity index (χ0) is 24.1. The molecule has 34 heavy (non-hydrogen) atoms. The first-order chi connectivity index (χ1) is 16.4. The molecule has 4 rings (SSSR count). The third kappa shape index (κ3) is 5.86. The Morgan fingerprint density at radius 3 is 2.94 bits per heavy atom. The van der Waals surface area contributed by atoms with Crippen LogP contribution in [-0.2, 0) is 29.2 Å². The summed E-state index contributed by atoms with van der Waals surface area (Å²) in [6.45, 7) is 7.11. The Morgan fingerprint density at radius 1 is 1.29 bits per heavy atom. The number of carbonyl (C=O) groups excluding carboxylic acids is 1. The zero-order valence-corrected chi connectivity index (χ0v) is 20.2. The predicted octanol–water partition coefficient (Wildman–Crippen LogP) is 1.66. The summed E-state index contributed by atoms with van der Waals surface area (Å²) >= 11 is 0. The van der Waals surface area contributed by atoms with Gasteiger partial charge in [0.15, 0.2) is 11.5 Å². The minimum atomic E-state index is -0.244. The number of nitrogens with zero attached hydrogens (tertiary/aromatic N) is 5. The number of aliphatic hydroxyl groups excluding tert-OH is 1. The molecule has 0 aliphatic carbocycles. The van der Waals surface area contributed by atoms with Crippen molar-refractivity contribution in [2.24, 2.45) is 5.92 Å². The smallest absolute Gasteiger partial charge is 0.231 e. The Bertz CT molecular complexity index is 967. The van der Waals surface area contributed by atoms with Crippen molar-refractivity contribution in [1.82, 2.24) is 24.8 Å². The fourth-order valence-corrected chi connectivity index (χ4v) is 4.47. The molecule has 0 radical (unpaired) electrons. The highest BCUT2D eigenvalue weighted by Crippen LogP contribution is 2.32. The standard InChI is InChI=1S/C24H35N5O5/c1-17-11-28(18(2)14-30)24(31)5-4-8-29-20(10-25-26-29)15-32-23(17)13-27(3)12-19-6-7-21-22(9-19)34-16-33-21/h6-7,9-10,17-18,23,30H,4-5,8,11-16H2,1-3H3/t17-,18-,23-/m1/s1. The van der Waals surface area contributed by atoms with Gasteiger partial charge in [-0.25, -0.2) is 4.68 Å². The van der Waals surface area contributed by atoms with Gasteiger partial charge in [-0.3, -0.25) is 9.69 Å². The summed E-state index contributed by atoms with van der Waals surface area (Å²) in [5, 5.41) is 17.9. The molecule has 2 aromatic rings. The lowest BCUT2D eigenvalue weighted by atomic mass is 10.0. The number of aryl methyl sites for hydroxylation is 1. The molecule has 10 heteroatoms. The van der Waals surface area contributed by atoms with E-state index in [-0.39, 0.29) is 37.4 Å². The fourth-order valence-electron chi connectivity index (χ4n) is 4.47. The van der Waals surface area contributed by atoms with Gasteiger partial charge in [-0.1, -0.05) is 18.2 Å². The highest BCUT2D eigenvalue weighted by molar-refractivity contribution is 5.76. The number of ether oxygens (including phenoxy) is 3. The van der Waals surface area contributed by atoms with Crippen LogP contribution in [0.1, 0.15) is 37.9 Å². The molecule has 0 saturated carbocycles. The Hall–Kier alpha value is -2.69. The summed E-state index contributed by atoms with van der Waals surface area (Å²) in [4.78, 5) is 17.0. The Morgan fingerprint density at radius 2 is 2.12 bits per heavy atom. The van der Waals surface area contributed by atoms with E-state index < -0.39 is 0 Å². The minimum absolute atomic E-state index is 0.0445. The number of aromatic nitrogens is 3. The van der Waals surface area contributed by atoms with Gasteiger partial charge in [0, 0.05) is 38.5 Å². The minimum Gasteiger partial charge on any atom is -0.454 e. The van der Waals surface area contributed by atoms with Gasteiger partial charge in [0.05, 0.1) is 37.3 Å². The van der Waals surface area contributed by atoms with Crippen LogP contribution in [0.2, 0.25) is 0 Å². The number of hydrogen-bond donors (Lipinski definition) is 1. The van der Waals surface area contributed by atoms with E-state index in [1.165, 1.54) is 0 Å². The van der Waals surface area contributed by atoms with Gasteiger partial charge < -0.3 is 24.2 Å². The van der Waals surface area contributed by atoms with Crippen LogP contribution in [-0.4, -0.2) is 81.5 Å². The second kappa shape index (κ2) is 11.2. The van der Waals surface area contributed by atoms with E-state index in [1.54, 1.807) is 11.1 Å². The summed E-state index contributed by atoms with van der Waals surface area (Å²) in [5.74, 6) is 1.65. The van der Waals surface area contributed by atoms with E-state index in [4.69, 9.17) is 14.2 Å². The molecular weight excluding hydrogens is 438 g/mol. The molecule has 0 bridgehead atoms. The van der Waals surface area contributed by atoms with E-state index in [9.17, 15) is 9.90 Å². The molecule has 2 aliphatic heterocycles. The van der Waals surface area contributed by atoms with Gasteiger partial charge >= 0.3 is 0 Å². The van der Waals surface area contributed by atoms with E-state index in [0.717, 1.165) is 29.3 Å². The van der Waals surface area contributed by atoms with E-state index >= 15 is 0 Å². The van der Waals surface area contributed by atoms with Crippen molar-refractivity contribution in [1.29, 1.82) is 0 Å². The van der Waals surface area contributed by atoms with Crippen molar-refractivity contribution in [3.8, 4) is 11.5 Å². The molecule has 0 saturated heterocycles. The molecule has 1 N–H and O–H groups in total. The number of likely N-dealkylation sites (N-methyl/N-ethyl adjacent to an activating group) is 1. The second-order valence-electron chi connectivity index (χ2n) is 9.34. The molecule has 3 heterocycles.